The van der Waals surface area contributed by atoms with Crippen LogP contribution in [0.5, 0.6) is 0 Å². The second-order valence-electron chi connectivity index (χ2n) is 4.16. The molecule has 0 saturated heterocycles. The Bertz CT molecular complexity index is 484. The summed E-state index contributed by atoms with van der Waals surface area (Å²) in [6, 6.07) is 9.15. The Kier molecular flexibility index (Phi) is 7.52. The van der Waals surface area contributed by atoms with Crippen LogP contribution in [0.15, 0.2) is 29.2 Å². The molecule has 6 heteroatoms. The number of rotatable bonds is 7. The molecule has 0 aliphatic carbocycles. The van der Waals surface area contributed by atoms with E-state index in [9.17, 15) is 9.90 Å². The molecule has 0 radical (unpaired) electrons. The molecule has 0 fully saturated rings. The lowest BCUT2D eigenvalue weighted by Crippen LogP contribution is -2.41. The van der Waals surface area contributed by atoms with Crippen LogP contribution in [0.25, 0.3) is 0 Å². The zero-order chi connectivity index (χ0) is 15.0. The minimum Gasteiger partial charge on any atom is -0.395 e. The van der Waals surface area contributed by atoms with Crippen LogP contribution in [-0.4, -0.2) is 40.9 Å². The number of nitrogens with one attached hydrogen (secondary N) is 1. The van der Waals surface area contributed by atoms with Crippen molar-refractivity contribution < 1.29 is 9.90 Å². The van der Waals surface area contributed by atoms with E-state index in [2.05, 4.69) is 11.4 Å². The first kappa shape index (κ1) is 16.9. The summed E-state index contributed by atoms with van der Waals surface area (Å²) in [6.07, 6.45) is 1.90. The number of hydrogen-bond donors (Lipinski definition) is 2. The van der Waals surface area contributed by atoms with Gasteiger partial charge in [-0.3, -0.25) is 4.79 Å². The highest BCUT2D eigenvalue weighted by Crippen LogP contribution is 2.22. The molecule has 0 heterocycles. The molecule has 2 unspecified atom stereocenters. The van der Waals surface area contributed by atoms with Crippen LogP contribution in [0, 0.1) is 11.3 Å². The van der Waals surface area contributed by atoms with Gasteiger partial charge in [0.05, 0.1) is 24.0 Å². The van der Waals surface area contributed by atoms with Crippen molar-refractivity contribution in [2.45, 2.75) is 23.1 Å². The molecule has 1 amide bonds. The number of thioether (sulfide) groups is 2. The van der Waals surface area contributed by atoms with Gasteiger partial charge in [-0.15, -0.1) is 11.8 Å². The van der Waals surface area contributed by atoms with Gasteiger partial charge in [0.2, 0.25) is 0 Å². The lowest BCUT2D eigenvalue weighted by atomic mass is 10.1. The van der Waals surface area contributed by atoms with E-state index in [0.717, 1.165) is 4.90 Å². The van der Waals surface area contributed by atoms with Gasteiger partial charge in [-0.1, -0.05) is 12.1 Å². The number of carbonyl (C=O) groups excluding carboxylic acids is 1. The monoisotopic (exact) mass is 310 g/mol. The summed E-state index contributed by atoms with van der Waals surface area (Å²) in [5, 5.41) is 20.7. The Morgan fingerprint density at radius 3 is 2.80 bits per heavy atom. The van der Waals surface area contributed by atoms with E-state index < -0.39 is 0 Å². The average Bonchev–Trinajstić information content (AvgIpc) is 2.46. The quantitative estimate of drug-likeness (QED) is 0.755. The lowest BCUT2D eigenvalue weighted by molar-refractivity contribution is 0.0933. The molecule has 1 aromatic carbocycles. The average molecular weight is 310 g/mol. The lowest BCUT2D eigenvalue weighted by Gasteiger charge is -2.21. The minimum atomic E-state index is -0.175. The highest BCUT2D eigenvalue weighted by atomic mass is 32.2. The van der Waals surface area contributed by atoms with E-state index in [0.29, 0.717) is 11.3 Å². The maximum absolute atomic E-state index is 12.3. The molecule has 0 aromatic heterocycles. The van der Waals surface area contributed by atoms with Crippen LogP contribution >= 0.6 is 23.5 Å². The van der Waals surface area contributed by atoms with E-state index >= 15 is 0 Å². The molecular weight excluding hydrogens is 292 g/mol. The van der Waals surface area contributed by atoms with Crippen LogP contribution in [0.2, 0.25) is 0 Å². The number of amides is 1. The molecule has 0 bridgehead atoms. The molecule has 108 valence electrons. The first-order valence-electron chi connectivity index (χ1n) is 6.17. The molecule has 4 nitrogen and oxygen atoms in total. The Balaban J connectivity index is 2.79. The SMILES string of the molecule is CSC(CO)C(C)NC(=O)c1ccccc1SCC#N. The summed E-state index contributed by atoms with van der Waals surface area (Å²) in [7, 11) is 0. The zero-order valence-corrected chi connectivity index (χ0v) is 13.1. The van der Waals surface area contributed by atoms with Gasteiger partial charge in [-0.2, -0.15) is 17.0 Å². The summed E-state index contributed by atoms with van der Waals surface area (Å²) >= 11 is 2.87. The standard InChI is InChI=1S/C14H18N2O2S2/c1-10(13(9-17)19-2)16-14(18)11-5-3-4-6-12(11)20-8-7-15/h3-6,10,13,17H,8-9H2,1-2H3,(H,16,18). The predicted octanol–water partition coefficient (Wildman–Crippen LogP) is 2.14. The smallest absolute Gasteiger partial charge is 0.252 e. The second-order valence-corrected chi connectivity index (χ2v) is 6.26. The summed E-state index contributed by atoms with van der Waals surface area (Å²) in [6.45, 7) is 1.90. The van der Waals surface area contributed by atoms with Gasteiger partial charge in [-0.25, -0.2) is 0 Å². The number of aliphatic hydroxyl groups is 1. The molecule has 1 rings (SSSR count). The maximum atomic E-state index is 12.3. The molecule has 1 aromatic rings. The molecule has 0 saturated carbocycles. The number of hydrogen-bond acceptors (Lipinski definition) is 5. The number of benzene rings is 1. The van der Waals surface area contributed by atoms with Crippen LogP contribution in [0.4, 0.5) is 0 Å². The van der Waals surface area contributed by atoms with Gasteiger partial charge in [0.25, 0.3) is 5.91 Å². The Labute approximate surface area is 127 Å². The molecular formula is C14H18N2O2S2. The van der Waals surface area contributed by atoms with Gasteiger partial charge >= 0.3 is 0 Å². The van der Waals surface area contributed by atoms with Crippen LogP contribution in [0.1, 0.15) is 17.3 Å². The van der Waals surface area contributed by atoms with Crippen molar-refractivity contribution in [2.24, 2.45) is 0 Å². The van der Waals surface area contributed by atoms with E-state index in [1.807, 2.05) is 25.3 Å². The second kappa shape index (κ2) is 8.90. The third kappa shape index (κ3) is 4.75. The Morgan fingerprint density at radius 1 is 1.50 bits per heavy atom. The summed E-state index contributed by atoms with van der Waals surface area (Å²) in [4.78, 5) is 13.1. The van der Waals surface area contributed by atoms with Crippen molar-refractivity contribution in [3.8, 4) is 6.07 Å². The van der Waals surface area contributed by atoms with Crippen molar-refractivity contribution >= 4 is 29.4 Å². The molecule has 20 heavy (non-hydrogen) atoms. The summed E-state index contributed by atoms with van der Waals surface area (Å²) in [5.74, 6) is 0.134. The van der Waals surface area contributed by atoms with E-state index in [1.54, 1.807) is 12.1 Å². The third-order valence-corrected chi connectivity index (χ3v) is 4.93. The van der Waals surface area contributed by atoms with Crippen molar-refractivity contribution in [1.29, 1.82) is 5.26 Å². The Hall–Kier alpha value is -1.16. The van der Waals surface area contributed by atoms with E-state index in [-0.39, 0.29) is 23.8 Å². The zero-order valence-electron chi connectivity index (χ0n) is 11.5. The fourth-order valence-electron chi connectivity index (χ4n) is 1.70. The van der Waals surface area contributed by atoms with Crippen LogP contribution < -0.4 is 5.32 Å². The molecule has 0 aliphatic heterocycles. The number of aliphatic hydroxyl groups excluding tert-OH is 1. The molecule has 0 spiro atoms. The van der Waals surface area contributed by atoms with Crippen molar-refractivity contribution in [2.75, 3.05) is 18.6 Å². The van der Waals surface area contributed by atoms with E-state index in [4.69, 9.17) is 5.26 Å². The van der Waals surface area contributed by atoms with Crippen molar-refractivity contribution in [1.82, 2.24) is 5.32 Å². The third-order valence-electron chi connectivity index (χ3n) is 2.82. The molecule has 2 atom stereocenters. The van der Waals surface area contributed by atoms with Gasteiger partial charge in [0, 0.05) is 16.2 Å². The highest BCUT2D eigenvalue weighted by molar-refractivity contribution is 7.99. The summed E-state index contributed by atoms with van der Waals surface area (Å²) < 4.78 is 0. The number of nitriles is 1. The van der Waals surface area contributed by atoms with Crippen LogP contribution in [-0.2, 0) is 0 Å². The number of nitrogens with zero attached hydrogens (tertiary/aromatic N) is 1. The van der Waals surface area contributed by atoms with E-state index in [1.165, 1.54) is 23.5 Å². The first-order valence-corrected chi connectivity index (χ1v) is 8.44. The number of carbonyl (C=O) groups is 1. The highest BCUT2D eigenvalue weighted by Gasteiger charge is 2.19. The van der Waals surface area contributed by atoms with Gasteiger partial charge < -0.3 is 10.4 Å². The molecule has 0 aliphatic rings. The van der Waals surface area contributed by atoms with Crippen molar-refractivity contribution in [3.63, 3.8) is 0 Å². The normalized spacial score (nSPS) is 13.3. The Morgan fingerprint density at radius 2 is 2.20 bits per heavy atom. The largest absolute Gasteiger partial charge is 0.395 e. The fraction of sp³-hybridized carbons (Fsp3) is 0.429. The van der Waals surface area contributed by atoms with Gasteiger partial charge in [0.1, 0.15) is 0 Å². The van der Waals surface area contributed by atoms with Crippen LogP contribution in [0.3, 0.4) is 0 Å². The molecule has 2 N–H and O–H groups in total. The summed E-state index contributed by atoms with van der Waals surface area (Å²) in [5.41, 5.74) is 0.567. The van der Waals surface area contributed by atoms with Gasteiger partial charge in [0.15, 0.2) is 0 Å². The van der Waals surface area contributed by atoms with Crippen molar-refractivity contribution in [3.05, 3.63) is 29.8 Å². The minimum absolute atomic E-state index is 0.0213. The fourth-order valence-corrected chi connectivity index (χ4v) is 3.04. The first-order chi connectivity index (χ1) is 9.63. The predicted molar refractivity (Wildman–Crippen MR) is 84.1 cm³/mol. The van der Waals surface area contributed by atoms with Gasteiger partial charge in [-0.05, 0) is 25.3 Å². The topological polar surface area (TPSA) is 73.1 Å². The maximum Gasteiger partial charge on any atom is 0.252 e.